The molecule has 110 valence electrons. The first-order chi connectivity index (χ1) is 9.69. The van der Waals surface area contributed by atoms with E-state index in [0.717, 1.165) is 18.5 Å². The summed E-state index contributed by atoms with van der Waals surface area (Å²) in [7, 11) is 0. The number of amides is 1. The van der Waals surface area contributed by atoms with Gasteiger partial charge in [0, 0.05) is 11.3 Å². The van der Waals surface area contributed by atoms with Crippen LogP contribution in [0.5, 0.6) is 0 Å². The van der Waals surface area contributed by atoms with E-state index in [4.69, 9.17) is 11.6 Å². The molecule has 0 aromatic heterocycles. The molecule has 1 aliphatic carbocycles. The van der Waals surface area contributed by atoms with Crippen molar-refractivity contribution in [3.05, 3.63) is 29.3 Å². The molecule has 1 aromatic carbocycles. The molecule has 3 nitrogen and oxygen atoms in total. The Bertz CT molecular complexity index is 455. The first kappa shape index (κ1) is 15.5. The number of carbonyl (C=O) groups excluding carboxylic acids is 1. The number of nitrogens with one attached hydrogen (secondary N) is 2. The molecule has 2 N–H and O–H groups in total. The second kappa shape index (κ2) is 7.79. The van der Waals surface area contributed by atoms with Crippen molar-refractivity contribution in [2.75, 3.05) is 18.1 Å². The van der Waals surface area contributed by atoms with Gasteiger partial charge in [0.15, 0.2) is 0 Å². The standard InChI is InChI=1S/C15H21ClN2OS/c1-20-12-6-4-5-11(9-12)18-15(19)10-17-14-8-3-2-7-13(14)16/h2-3,7-8,11-12,17H,4-6,9-10H2,1H3,(H,18,19). The third-order valence-corrected chi connectivity index (χ3v) is 5.06. The van der Waals surface area contributed by atoms with Crippen molar-refractivity contribution < 1.29 is 4.79 Å². The average molecular weight is 313 g/mol. The summed E-state index contributed by atoms with van der Waals surface area (Å²) in [5.41, 5.74) is 0.801. The van der Waals surface area contributed by atoms with Gasteiger partial charge in [-0.1, -0.05) is 30.2 Å². The largest absolute Gasteiger partial charge is 0.375 e. The van der Waals surface area contributed by atoms with E-state index in [9.17, 15) is 4.79 Å². The number of para-hydroxylation sites is 1. The van der Waals surface area contributed by atoms with E-state index in [1.807, 2.05) is 36.0 Å². The summed E-state index contributed by atoms with van der Waals surface area (Å²) in [6.07, 6.45) is 6.79. The fraction of sp³-hybridized carbons (Fsp3) is 0.533. The molecule has 1 saturated carbocycles. The van der Waals surface area contributed by atoms with Gasteiger partial charge in [0.1, 0.15) is 0 Å². The summed E-state index contributed by atoms with van der Waals surface area (Å²) >= 11 is 7.94. The molecule has 2 atom stereocenters. The van der Waals surface area contributed by atoms with Gasteiger partial charge in [-0.15, -0.1) is 0 Å². The lowest BCUT2D eigenvalue weighted by atomic mass is 9.95. The molecule has 2 rings (SSSR count). The van der Waals surface area contributed by atoms with E-state index in [1.54, 1.807) is 0 Å². The van der Waals surface area contributed by atoms with Crippen molar-refractivity contribution in [3.63, 3.8) is 0 Å². The molecule has 5 heteroatoms. The molecule has 0 radical (unpaired) electrons. The minimum absolute atomic E-state index is 0.0386. The second-order valence-corrected chi connectivity index (χ2v) is 6.67. The van der Waals surface area contributed by atoms with E-state index >= 15 is 0 Å². The van der Waals surface area contributed by atoms with Gasteiger partial charge in [0.25, 0.3) is 0 Å². The van der Waals surface area contributed by atoms with Gasteiger partial charge in [-0.25, -0.2) is 0 Å². The van der Waals surface area contributed by atoms with Gasteiger partial charge in [0.2, 0.25) is 5.91 Å². The van der Waals surface area contributed by atoms with Gasteiger partial charge in [-0.05, 0) is 37.7 Å². The van der Waals surface area contributed by atoms with Crippen LogP contribution in [-0.4, -0.2) is 30.0 Å². The molecule has 0 heterocycles. The van der Waals surface area contributed by atoms with Crippen LogP contribution in [0.2, 0.25) is 5.02 Å². The SMILES string of the molecule is CSC1CCCC(NC(=O)CNc2ccccc2Cl)C1. The van der Waals surface area contributed by atoms with Crippen LogP contribution in [-0.2, 0) is 4.79 Å². The van der Waals surface area contributed by atoms with Crippen LogP contribution in [0, 0.1) is 0 Å². The van der Waals surface area contributed by atoms with Gasteiger partial charge in [-0.2, -0.15) is 11.8 Å². The summed E-state index contributed by atoms with van der Waals surface area (Å²) < 4.78 is 0. The summed E-state index contributed by atoms with van der Waals surface area (Å²) in [6, 6.07) is 7.78. The van der Waals surface area contributed by atoms with Gasteiger partial charge in [-0.3, -0.25) is 4.79 Å². The molecule has 0 saturated heterocycles. The highest BCUT2D eigenvalue weighted by Gasteiger charge is 2.22. The highest BCUT2D eigenvalue weighted by Crippen LogP contribution is 2.26. The molecule has 0 spiro atoms. The summed E-state index contributed by atoms with van der Waals surface area (Å²) in [5.74, 6) is 0.0386. The molecule has 1 aromatic rings. The van der Waals surface area contributed by atoms with Crippen LogP contribution < -0.4 is 10.6 Å². The quantitative estimate of drug-likeness (QED) is 0.873. The number of halogens is 1. The van der Waals surface area contributed by atoms with E-state index in [2.05, 4.69) is 16.9 Å². The predicted octanol–water partition coefficient (Wildman–Crippen LogP) is 3.54. The Balaban J connectivity index is 1.77. The number of hydrogen-bond donors (Lipinski definition) is 2. The Morgan fingerprint density at radius 3 is 2.95 bits per heavy atom. The molecule has 2 unspecified atom stereocenters. The van der Waals surface area contributed by atoms with E-state index in [-0.39, 0.29) is 12.5 Å². The van der Waals surface area contributed by atoms with Crippen molar-refractivity contribution in [3.8, 4) is 0 Å². The molecule has 1 fully saturated rings. The third-order valence-electron chi connectivity index (χ3n) is 3.64. The minimum Gasteiger partial charge on any atom is -0.375 e. The van der Waals surface area contributed by atoms with Crippen LogP contribution in [0.25, 0.3) is 0 Å². The Hall–Kier alpha value is -0.870. The second-order valence-electron chi connectivity index (χ2n) is 5.12. The van der Waals surface area contributed by atoms with Crippen molar-refractivity contribution in [1.29, 1.82) is 0 Å². The van der Waals surface area contributed by atoms with Crippen molar-refractivity contribution in [1.82, 2.24) is 5.32 Å². The number of hydrogen-bond acceptors (Lipinski definition) is 3. The fourth-order valence-electron chi connectivity index (χ4n) is 2.55. The minimum atomic E-state index is 0.0386. The number of rotatable bonds is 5. The van der Waals surface area contributed by atoms with Gasteiger partial charge >= 0.3 is 0 Å². The van der Waals surface area contributed by atoms with Crippen LogP contribution in [0.15, 0.2) is 24.3 Å². The topological polar surface area (TPSA) is 41.1 Å². The van der Waals surface area contributed by atoms with Crippen LogP contribution in [0.1, 0.15) is 25.7 Å². The zero-order valence-corrected chi connectivity index (χ0v) is 13.3. The number of benzene rings is 1. The first-order valence-electron chi connectivity index (χ1n) is 6.99. The Morgan fingerprint density at radius 2 is 2.20 bits per heavy atom. The van der Waals surface area contributed by atoms with Gasteiger partial charge < -0.3 is 10.6 Å². The molecular formula is C15H21ClN2OS. The molecule has 1 aliphatic rings. The molecular weight excluding hydrogens is 292 g/mol. The maximum absolute atomic E-state index is 12.0. The highest BCUT2D eigenvalue weighted by atomic mass is 35.5. The van der Waals surface area contributed by atoms with Crippen molar-refractivity contribution in [2.45, 2.75) is 37.0 Å². The highest BCUT2D eigenvalue weighted by molar-refractivity contribution is 7.99. The summed E-state index contributed by atoms with van der Waals surface area (Å²) in [4.78, 5) is 12.0. The lowest BCUT2D eigenvalue weighted by Gasteiger charge is -2.28. The zero-order valence-electron chi connectivity index (χ0n) is 11.7. The number of anilines is 1. The summed E-state index contributed by atoms with van der Waals surface area (Å²) in [6.45, 7) is 0.268. The number of thioether (sulfide) groups is 1. The van der Waals surface area contributed by atoms with Crippen LogP contribution in [0.4, 0.5) is 5.69 Å². The normalized spacial score (nSPS) is 22.3. The zero-order chi connectivity index (χ0) is 14.4. The Kier molecular flexibility index (Phi) is 6.05. The molecule has 0 aliphatic heterocycles. The van der Waals surface area contributed by atoms with E-state index in [1.165, 1.54) is 12.8 Å². The van der Waals surface area contributed by atoms with Crippen molar-refractivity contribution >= 4 is 35.0 Å². The smallest absolute Gasteiger partial charge is 0.239 e. The average Bonchev–Trinajstić information content (AvgIpc) is 2.46. The molecule has 0 bridgehead atoms. The first-order valence-corrected chi connectivity index (χ1v) is 8.66. The van der Waals surface area contributed by atoms with Crippen LogP contribution in [0.3, 0.4) is 0 Å². The maximum Gasteiger partial charge on any atom is 0.239 e. The lowest BCUT2D eigenvalue weighted by molar-refractivity contribution is -0.120. The molecule has 1 amide bonds. The fourth-order valence-corrected chi connectivity index (χ4v) is 3.58. The van der Waals surface area contributed by atoms with Gasteiger partial charge in [0.05, 0.1) is 17.3 Å². The molecule has 20 heavy (non-hydrogen) atoms. The third kappa shape index (κ3) is 4.60. The van der Waals surface area contributed by atoms with E-state index in [0.29, 0.717) is 16.3 Å². The Morgan fingerprint density at radius 1 is 1.40 bits per heavy atom. The van der Waals surface area contributed by atoms with Crippen LogP contribution >= 0.6 is 23.4 Å². The Labute approximate surface area is 129 Å². The lowest BCUT2D eigenvalue weighted by Crippen LogP contribution is -2.41. The number of carbonyl (C=O) groups is 1. The van der Waals surface area contributed by atoms with E-state index < -0.39 is 0 Å². The van der Waals surface area contributed by atoms with Crippen molar-refractivity contribution in [2.24, 2.45) is 0 Å². The predicted molar refractivity (Wildman–Crippen MR) is 87.6 cm³/mol. The maximum atomic E-state index is 12.0. The summed E-state index contributed by atoms with van der Waals surface area (Å²) in [5, 5.41) is 7.52. The monoisotopic (exact) mass is 312 g/mol.